The van der Waals surface area contributed by atoms with E-state index in [2.05, 4.69) is 0 Å². The highest BCUT2D eigenvalue weighted by Gasteiger charge is 2.47. The molecule has 1 amide bonds. The number of hydrogen-bond donors (Lipinski definition) is 1. The molecule has 4 heteroatoms. The van der Waals surface area contributed by atoms with Crippen molar-refractivity contribution >= 4 is 5.91 Å². The molecule has 4 nitrogen and oxygen atoms in total. The third-order valence-electron chi connectivity index (χ3n) is 2.99. The highest BCUT2D eigenvalue weighted by molar-refractivity contribution is 5.77. The molecule has 0 saturated carbocycles. The van der Waals surface area contributed by atoms with E-state index < -0.39 is 11.1 Å². The van der Waals surface area contributed by atoms with Crippen molar-refractivity contribution in [2.75, 3.05) is 0 Å². The Hall–Kier alpha value is -0.610. The van der Waals surface area contributed by atoms with Crippen LogP contribution in [0.4, 0.5) is 0 Å². The summed E-state index contributed by atoms with van der Waals surface area (Å²) in [5, 5.41) is 13.0. The molecular formula is C10H19N2O2. The number of primary amides is 1. The van der Waals surface area contributed by atoms with Gasteiger partial charge < -0.3 is 5.73 Å². The predicted molar refractivity (Wildman–Crippen MR) is 52.6 cm³/mol. The summed E-state index contributed by atoms with van der Waals surface area (Å²) in [6.07, 6.45) is 1.10. The van der Waals surface area contributed by atoms with Gasteiger partial charge in [-0.1, -0.05) is 0 Å². The lowest BCUT2D eigenvalue weighted by atomic mass is 9.75. The standard InChI is InChI=1S/C10H19N2O2/c1-9(2)5-7(8(11)13)6-10(3,4)12(9)14/h7H,5-6H2,1-4H3,(H2,11,13). The smallest absolute Gasteiger partial charge is 0.220 e. The molecule has 0 aromatic carbocycles. The second kappa shape index (κ2) is 3.21. The SMILES string of the molecule is CC1(C)CC(C(N)=O)CC(C)(C)N1[O]. The fraction of sp³-hybridized carbons (Fsp3) is 0.900. The van der Waals surface area contributed by atoms with Crippen LogP contribution < -0.4 is 5.73 Å². The number of carbonyl (C=O) groups is 1. The van der Waals surface area contributed by atoms with Gasteiger partial charge in [0.2, 0.25) is 5.91 Å². The molecule has 1 saturated heterocycles. The third-order valence-corrected chi connectivity index (χ3v) is 2.99. The fourth-order valence-corrected chi connectivity index (χ4v) is 2.46. The summed E-state index contributed by atoms with van der Waals surface area (Å²) in [5.41, 5.74) is 4.30. The van der Waals surface area contributed by atoms with Crippen LogP contribution in [0.15, 0.2) is 0 Å². The van der Waals surface area contributed by atoms with E-state index in [0.29, 0.717) is 12.8 Å². The number of piperidine rings is 1. The number of nitrogens with two attached hydrogens (primary N) is 1. The van der Waals surface area contributed by atoms with Gasteiger partial charge in [-0.15, -0.1) is 10.3 Å². The van der Waals surface area contributed by atoms with E-state index in [1.807, 2.05) is 27.7 Å². The fourth-order valence-electron chi connectivity index (χ4n) is 2.46. The van der Waals surface area contributed by atoms with Crippen molar-refractivity contribution in [1.82, 2.24) is 5.06 Å². The van der Waals surface area contributed by atoms with E-state index in [1.165, 1.54) is 0 Å². The van der Waals surface area contributed by atoms with Gasteiger partial charge in [0.25, 0.3) is 0 Å². The summed E-state index contributed by atoms with van der Waals surface area (Å²) in [6, 6.07) is 0. The van der Waals surface area contributed by atoms with Crippen LogP contribution in [0.2, 0.25) is 0 Å². The van der Waals surface area contributed by atoms with Crippen LogP contribution in [0.25, 0.3) is 0 Å². The largest absolute Gasteiger partial charge is 0.369 e. The molecule has 81 valence electrons. The molecule has 1 aliphatic rings. The Morgan fingerprint density at radius 3 is 1.86 bits per heavy atom. The van der Waals surface area contributed by atoms with Gasteiger partial charge in [0, 0.05) is 17.0 Å². The number of hydroxylamine groups is 2. The van der Waals surface area contributed by atoms with Crippen molar-refractivity contribution in [1.29, 1.82) is 0 Å². The zero-order chi connectivity index (χ0) is 11.1. The van der Waals surface area contributed by atoms with Gasteiger partial charge in [0.05, 0.1) is 0 Å². The maximum atomic E-state index is 11.9. The maximum Gasteiger partial charge on any atom is 0.220 e. The first kappa shape index (κ1) is 11.5. The summed E-state index contributed by atoms with van der Waals surface area (Å²) in [7, 11) is 0. The molecule has 1 radical (unpaired) electrons. The highest BCUT2D eigenvalue weighted by Crippen LogP contribution is 2.39. The minimum Gasteiger partial charge on any atom is -0.369 e. The summed E-state index contributed by atoms with van der Waals surface area (Å²) < 4.78 is 0. The molecule has 1 rings (SSSR count). The van der Waals surface area contributed by atoms with Gasteiger partial charge in [0.1, 0.15) is 0 Å². The van der Waals surface area contributed by atoms with Crippen molar-refractivity contribution < 1.29 is 10.0 Å². The lowest BCUT2D eigenvalue weighted by Gasteiger charge is -2.49. The molecule has 1 heterocycles. The monoisotopic (exact) mass is 199 g/mol. The zero-order valence-electron chi connectivity index (χ0n) is 9.33. The molecular weight excluding hydrogens is 180 g/mol. The topological polar surface area (TPSA) is 66.2 Å². The van der Waals surface area contributed by atoms with E-state index in [-0.39, 0.29) is 11.8 Å². The van der Waals surface area contributed by atoms with Crippen LogP contribution in [0.3, 0.4) is 0 Å². The van der Waals surface area contributed by atoms with E-state index in [0.717, 1.165) is 5.06 Å². The van der Waals surface area contributed by atoms with E-state index in [4.69, 9.17) is 5.73 Å². The lowest BCUT2D eigenvalue weighted by Crippen LogP contribution is -2.59. The van der Waals surface area contributed by atoms with Crippen LogP contribution >= 0.6 is 0 Å². The van der Waals surface area contributed by atoms with Crippen LogP contribution in [0.5, 0.6) is 0 Å². The van der Waals surface area contributed by atoms with Crippen molar-refractivity contribution in [3.05, 3.63) is 0 Å². The lowest BCUT2D eigenvalue weighted by molar-refractivity contribution is -0.292. The summed E-state index contributed by atoms with van der Waals surface area (Å²) in [6.45, 7) is 7.43. The van der Waals surface area contributed by atoms with E-state index in [9.17, 15) is 10.0 Å². The van der Waals surface area contributed by atoms with E-state index in [1.54, 1.807) is 0 Å². The Labute approximate surface area is 85.0 Å². The zero-order valence-corrected chi connectivity index (χ0v) is 9.33. The minimum atomic E-state index is -0.499. The van der Waals surface area contributed by atoms with Gasteiger partial charge >= 0.3 is 0 Å². The molecule has 1 aliphatic heterocycles. The molecule has 0 aromatic rings. The van der Waals surface area contributed by atoms with Crippen molar-refractivity contribution in [2.45, 2.75) is 51.6 Å². The first-order chi connectivity index (χ1) is 6.17. The number of carbonyl (C=O) groups excluding carboxylic acids is 1. The molecule has 0 spiro atoms. The van der Waals surface area contributed by atoms with Gasteiger partial charge in [-0.05, 0) is 40.5 Å². The summed E-state index contributed by atoms with van der Waals surface area (Å²) in [5.74, 6) is -0.468. The number of rotatable bonds is 1. The Morgan fingerprint density at radius 1 is 1.21 bits per heavy atom. The molecule has 0 bridgehead atoms. The maximum absolute atomic E-state index is 11.9. The molecule has 0 unspecified atom stereocenters. The van der Waals surface area contributed by atoms with Crippen LogP contribution in [0, 0.1) is 5.92 Å². The number of hydrogen-bond acceptors (Lipinski definition) is 2. The van der Waals surface area contributed by atoms with Crippen molar-refractivity contribution in [2.24, 2.45) is 11.7 Å². The first-order valence-corrected chi connectivity index (χ1v) is 4.93. The second-order valence-corrected chi connectivity index (χ2v) is 5.43. The predicted octanol–water partition coefficient (Wildman–Crippen LogP) is 1.09. The normalized spacial score (nSPS) is 27.5. The highest BCUT2D eigenvalue weighted by atomic mass is 16.5. The Kier molecular flexibility index (Phi) is 2.63. The number of nitrogens with zero attached hydrogens (tertiary/aromatic N) is 1. The molecule has 0 atom stereocenters. The number of amides is 1. The minimum absolute atomic E-state index is 0.176. The van der Waals surface area contributed by atoms with Gasteiger partial charge in [-0.3, -0.25) is 4.79 Å². The Morgan fingerprint density at radius 2 is 1.57 bits per heavy atom. The first-order valence-electron chi connectivity index (χ1n) is 4.93. The third kappa shape index (κ3) is 1.91. The second-order valence-electron chi connectivity index (χ2n) is 5.43. The van der Waals surface area contributed by atoms with Gasteiger partial charge in [0.15, 0.2) is 0 Å². The molecule has 2 N–H and O–H groups in total. The molecule has 14 heavy (non-hydrogen) atoms. The van der Waals surface area contributed by atoms with Gasteiger partial charge in [-0.2, -0.15) is 0 Å². The van der Waals surface area contributed by atoms with Crippen LogP contribution in [-0.4, -0.2) is 22.0 Å². The molecule has 0 aromatic heterocycles. The molecule has 0 aliphatic carbocycles. The Balaban J connectivity index is 2.91. The van der Waals surface area contributed by atoms with Gasteiger partial charge in [-0.25, -0.2) is 0 Å². The average Bonchev–Trinajstić information content (AvgIpc) is 1.98. The quantitative estimate of drug-likeness (QED) is 0.686. The average molecular weight is 199 g/mol. The van der Waals surface area contributed by atoms with Crippen molar-refractivity contribution in [3.8, 4) is 0 Å². The molecule has 1 fully saturated rings. The Bertz CT molecular complexity index is 231. The van der Waals surface area contributed by atoms with Crippen LogP contribution in [-0.2, 0) is 10.0 Å². The van der Waals surface area contributed by atoms with Crippen molar-refractivity contribution in [3.63, 3.8) is 0 Å². The van der Waals surface area contributed by atoms with Crippen LogP contribution in [0.1, 0.15) is 40.5 Å². The summed E-state index contributed by atoms with van der Waals surface area (Å²) >= 11 is 0. The van der Waals surface area contributed by atoms with E-state index >= 15 is 0 Å². The summed E-state index contributed by atoms with van der Waals surface area (Å²) in [4.78, 5) is 11.1.